The fraction of sp³-hybridized carbons (Fsp3) is 0.235. The van der Waals surface area contributed by atoms with E-state index >= 15 is 0 Å². The molecule has 0 saturated carbocycles. The van der Waals surface area contributed by atoms with Gasteiger partial charge < -0.3 is 14.3 Å². The first-order valence-corrected chi connectivity index (χ1v) is 9.98. The molecule has 3 rings (SSSR count). The molecule has 0 radical (unpaired) electrons. The lowest BCUT2D eigenvalue weighted by Gasteiger charge is -2.11. The number of hydrogen-bond acceptors (Lipinski definition) is 6. The Balaban J connectivity index is 0.000000326. The minimum atomic E-state index is -3.72. The van der Waals surface area contributed by atoms with Crippen LogP contribution < -0.4 is 9.82 Å². The Morgan fingerprint density at radius 2 is 1.76 bits per heavy atom. The Morgan fingerprint density at radius 1 is 1.20 bits per heavy atom. The third-order valence-electron chi connectivity index (χ3n) is 3.25. The Bertz CT molecular complexity index is 948. The monoisotopic (exact) mass is 381 g/mol. The number of thiazole rings is 1. The Labute approximate surface area is 151 Å². The molecular formula is C17H19NO5S2. The zero-order chi connectivity index (χ0) is 18.6. The average Bonchev–Trinajstić information content (AvgIpc) is 2.83. The van der Waals surface area contributed by atoms with Crippen LogP contribution in [0.25, 0.3) is 16.3 Å². The van der Waals surface area contributed by atoms with Crippen LogP contribution in [0.15, 0.2) is 53.5 Å². The highest BCUT2D eigenvalue weighted by Gasteiger charge is 2.15. The Morgan fingerprint density at radius 3 is 2.28 bits per heavy atom. The van der Waals surface area contributed by atoms with Gasteiger partial charge in [-0.25, -0.2) is 8.42 Å². The molecule has 2 aromatic rings. The molecular weight excluding hydrogens is 362 g/mol. The maximum Gasteiger partial charge on any atom is 0.263 e. The maximum atomic E-state index is 9.47. The molecule has 6 nitrogen and oxygen atoms in total. The second-order valence-corrected chi connectivity index (χ2v) is 8.10. The van der Waals surface area contributed by atoms with E-state index in [2.05, 4.69) is 58.4 Å². The molecule has 0 amide bonds. The lowest BCUT2D eigenvalue weighted by atomic mass is 10.1. The number of aryl methyl sites for hydroxylation is 1. The van der Waals surface area contributed by atoms with Crippen molar-refractivity contribution in [2.45, 2.75) is 13.8 Å². The fourth-order valence-electron chi connectivity index (χ4n) is 2.30. The van der Waals surface area contributed by atoms with E-state index in [0.717, 1.165) is 11.5 Å². The third kappa shape index (κ3) is 5.50. The summed E-state index contributed by atoms with van der Waals surface area (Å²) in [6.45, 7) is 3.96. The molecule has 0 N–H and O–H groups in total. The van der Waals surface area contributed by atoms with Crippen molar-refractivity contribution in [3.63, 3.8) is 0 Å². The molecule has 0 atom stereocenters. The number of ether oxygens (including phenoxy) is 1. The van der Waals surface area contributed by atoms with Crippen LogP contribution in [-0.2, 0) is 26.2 Å². The number of benzene rings is 1. The number of fused-ring (bicyclic) bond motifs is 1. The first-order chi connectivity index (χ1) is 11.7. The predicted octanol–water partition coefficient (Wildman–Crippen LogP) is 2.18. The van der Waals surface area contributed by atoms with E-state index in [1.54, 1.807) is 0 Å². The van der Waals surface area contributed by atoms with Gasteiger partial charge in [-0.1, -0.05) is 23.5 Å². The van der Waals surface area contributed by atoms with Crippen molar-refractivity contribution in [2.75, 3.05) is 6.26 Å². The number of aromatic nitrogens is 1. The van der Waals surface area contributed by atoms with Crippen LogP contribution in [0.5, 0.6) is 0 Å². The summed E-state index contributed by atoms with van der Waals surface area (Å²) in [4.78, 5) is 0. The van der Waals surface area contributed by atoms with Gasteiger partial charge in [-0.3, -0.25) is 0 Å². The summed E-state index contributed by atoms with van der Waals surface area (Å²) in [5.74, 6) is 1.88. The first kappa shape index (κ1) is 19.3. The minimum absolute atomic E-state index is 0.681. The van der Waals surface area contributed by atoms with E-state index in [0.29, 0.717) is 6.26 Å². The fourth-order valence-corrected chi connectivity index (χ4v) is 3.41. The van der Waals surface area contributed by atoms with Crippen LogP contribution in [-0.4, -0.2) is 14.7 Å². The van der Waals surface area contributed by atoms with E-state index in [4.69, 9.17) is 9.99 Å². The summed E-state index contributed by atoms with van der Waals surface area (Å²) in [6.07, 6.45) is 7.02. The summed E-state index contributed by atoms with van der Waals surface area (Å²) < 4.78 is 30.7. The normalized spacial score (nSPS) is 14.2. The highest BCUT2D eigenvalue weighted by Crippen LogP contribution is 2.24. The predicted molar refractivity (Wildman–Crippen MR) is 95.5 cm³/mol. The summed E-state index contributed by atoms with van der Waals surface area (Å²) in [5, 5.41) is 10.1. The van der Waals surface area contributed by atoms with Crippen molar-refractivity contribution in [3.05, 3.63) is 58.5 Å². The van der Waals surface area contributed by atoms with E-state index in [9.17, 15) is 8.42 Å². The molecule has 1 aromatic carbocycles. The smallest absolute Gasteiger partial charge is 0.263 e. The molecule has 25 heavy (non-hydrogen) atoms. The Hall–Kier alpha value is -2.00. The van der Waals surface area contributed by atoms with Crippen LogP contribution in [0.3, 0.4) is 0 Å². The van der Waals surface area contributed by atoms with Gasteiger partial charge in [0.1, 0.15) is 23.3 Å². The quantitative estimate of drug-likeness (QED) is 0.453. The lowest BCUT2D eigenvalue weighted by Crippen LogP contribution is -2.28. The van der Waals surface area contributed by atoms with Crippen LogP contribution >= 0.6 is 11.3 Å². The molecule has 1 aliphatic rings. The van der Waals surface area contributed by atoms with Crippen LogP contribution in [0.1, 0.15) is 18.9 Å². The van der Waals surface area contributed by atoms with Gasteiger partial charge in [0.15, 0.2) is 0 Å². The second-order valence-electron chi connectivity index (χ2n) is 5.50. The minimum Gasteiger partial charge on any atom is -0.707 e. The lowest BCUT2D eigenvalue weighted by molar-refractivity contribution is -0.642. The number of para-hydroxylation sites is 1. The van der Waals surface area contributed by atoms with Crippen molar-refractivity contribution in [1.29, 1.82) is 0 Å². The van der Waals surface area contributed by atoms with Gasteiger partial charge in [0.2, 0.25) is 5.52 Å². The third-order valence-corrected chi connectivity index (χ3v) is 4.66. The molecule has 134 valence electrons. The highest BCUT2D eigenvalue weighted by molar-refractivity contribution is 7.85. The largest absolute Gasteiger partial charge is 0.707 e. The first-order valence-electron chi connectivity index (χ1n) is 7.35. The molecule has 0 saturated heterocycles. The van der Waals surface area contributed by atoms with E-state index in [1.807, 2.05) is 25.2 Å². The van der Waals surface area contributed by atoms with Gasteiger partial charge in [0.05, 0.1) is 6.26 Å². The molecule has 1 aliphatic heterocycles. The SMILES string of the molecule is CC1=CC(=Cc2sc3ccccc3[n+]2C)C=C(C)O1.CS(=O)(=O)O[O-]. The number of allylic oxidation sites excluding steroid dienone is 5. The number of rotatable bonds is 2. The molecule has 0 unspecified atom stereocenters. The second kappa shape index (κ2) is 7.92. The van der Waals surface area contributed by atoms with Crippen molar-refractivity contribution >= 4 is 37.7 Å². The average molecular weight is 381 g/mol. The number of nitrogens with zero attached hydrogens (tertiary/aromatic N) is 1. The molecule has 1 aromatic heterocycles. The van der Waals surface area contributed by atoms with Crippen molar-refractivity contribution in [2.24, 2.45) is 7.05 Å². The maximum absolute atomic E-state index is 9.47. The summed E-state index contributed by atoms with van der Waals surface area (Å²) in [7, 11) is -1.61. The van der Waals surface area contributed by atoms with Crippen molar-refractivity contribution in [3.8, 4) is 0 Å². The topological polar surface area (TPSA) is 79.5 Å². The van der Waals surface area contributed by atoms with E-state index in [-0.39, 0.29) is 0 Å². The molecule has 0 aliphatic carbocycles. The van der Waals surface area contributed by atoms with Gasteiger partial charge >= 0.3 is 0 Å². The van der Waals surface area contributed by atoms with Gasteiger partial charge in [0.25, 0.3) is 15.1 Å². The summed E-state index contributed by atoms with van der Waals surface area (Å²) >= 11 is 1.81. The molecule has 0 spiro atoms. The molecule has 0 fully saturated rings. The van der Waals surface area contributed by atoms with Gasteiger partial charge in [-0.15, -0.1) is 0 Å². The van der Waals surface area contributed by atoms with Gasteiger partial charge in [0, 0.05) is 12.1 Å². The van der Waals surface area contributed by atoms with Gasteiger partial charge in [-0.05, 0) is 37.6 Å². The summed E-state index contributed by atoms with van der Waals surface area (Å²) in [6, 6.07) is 8.47. The zero-order valence-corrected chi connectivity index (χ0v) is 16.0. The molecule has 8 heteroatoms. The molecule has 2 heterocycles. The Kier molecular flexibility index (Phi) is 6.12. The zero-order valence-electron chi connectivity index (χ0n) is 14.3. The standard InChI is InChI=1S/C16H16NOS.CH4O4S/c1-11-8-13(9-12(2)18-11)10-16-17(3)14-6-4-5-7-15(14)19-16;1-6(3,4)5-2/h4-10H,1-3H3;2H,1H3/q+1;/p-1. The van der Waals surface area contributed by atoms with Crippen LogP contribution in [0.2, 0.25) is 0 Å². The molecule has 0 bridgehead atoms. The van der Waals surface area contributed by atoms with Crippen LogP contribution in [0, 0.1) is 0 Å². The van der Waals surface area contributed by atoms with E-state index < -0.39 is 10.1 Å². The summed E-state index contributed by atoms with van der Waals surface area (Å²) in [5.41, 5.74) is 2.45. The number of hydrogen-bond donors (Lipinski definition) is 0. The van der Waals surface area contributed by atoms with Crippen LogP contribution in [0.4, 0.5) is 0 Å². The van der Waals surface area contributed by atoms with Crippen molar-refractivity contribution in [1.82, 2.24) is 0 Å². The van der Waals surface area contributed by atoms with Crippen molar-refractivity contribution < 1.29 is 27.3 Å². The van der Waals surface area contributed by atoms with Gasteiger partial charge in [-0.2, -0.15) is 4.57 Å². The highest BCUT2D eigenvalue weighted by atomic mass is 32.2. The van der Waals surface area contributed by atoms with E-state index in [1.165, 1.54) is 20.8 Å².